The van der Waals surface area contributed by atoms with Crippen molar-refractivity contribution in [2.24, 2.45) is 0 Å². The van der Waals surface area contributed by atoms with Gasteiger partial charge in [0.25, 0.3) is 5.91 Å². The topological polar surface area (TPSA) is 81.4 Å². The van der Waals surface area contributed by atoms with Gasteiger partial charge < -0.3 is 14.1 Å². The summed E-state index contributed by atoms with van der Waals surface area (Å²) in [4.78, 5) is 26.8. The minimum atomic E-state index is -0.107. The molecule has 3 heterocycles. The second kappa shape index (κ2) is 6.65. The molecule has 0 unspecified atom stereocenters. The van der Waals surface area contributed by atoms with Crippen LogP contribution < -0.4 is 0 Å². The third-order valence-corrected chi connectivity index (χ3v) is 3.68. The van der Waals surface area contributed by atoms with Gasteiger partial charge in [-0.15, -0.1) is 0 Å². The average Bonchev–Trinajstić information content (AvgIpc) is 3.00. The van der Waals surface area contributed by atoms with E-state index in [2.05, 4.69) is 15.0 Å². The predicted molar refractivity (Wildman–Crippen MR) is 77.2 cm³/mol. The molecule has 0 aliphatic carbocycles. The minimum absolute atomic E-state index is 0.0141. The maximum absolute atomic E-state index is 12.6. The Morgan fingerprint density at radius 1 is 1.45 bits per heavy atom. The number of morpholine rings is 1. The first kappa shape index (κ1) is 14.6. The van der Waals surface area contributed by atoms with Gasteiger partial charge in [-0.25, -0.2) is 4.98 Å². The highest BCUT2D eigenvalue weighted by molar-refractivity contribution is 5.92. The van der Waals surface area contributed by atoms with E-state index in [1.165, 1.54) is 6.26 Å². The molecule has 0 radical (unpaired) electrons. The van der Waals surface area contributed by atoms with E-state index >= 15 is 0 Å². The fourth-order valence-electron chi connectivity index (χ4n) is 2.54. The summed E-state index contributed by atoms with van der Waals surface area (Å²) in [6.45, 7) is 3.37. The average molecular weight is 302 g/mol. The van der Waals surface area contributed by atoms with Gasteiger partial charge in [-0.2, -0.15) is 0 Å². The number of hydrogen-bond donors (Lipinski definition) is 0. The van der Waals surface area contributed by atoms with Gasteiger partial charge in [0, 0.05) is 32.1 Å². The molecule has 1 amide bonds. The molecule has 22 heavy (non-hydrogen) atoms. The molecule has 1 aliphatic heterocycles. The summed E-state index contributed by atoms with van der Waals surface area (Å²) < 4.78 is 10.7. The zero-order chi connectivity index (χ0) is 15.4. The van der Waals surface area contributed by atoms with Gasteiger partial charge in [0.05, 0.1) is 24.9 Å². The SMILES string of the molecule is Cc1nc(C(=O)N2CCOC[C@@H]2CCc2cnccn2)co1. The number of carbonyl (C=O) groups excluding carboxylic acids is 1. The third kappa shape index (κ3) is 3.30. The summed E-state index contributed by atoms with van der Waals surface area (Å²) in [5.74, 6) is 0.386. The van der Waals surface area contributed by atoms with Crippen LogP contribution in [0.1, 0.15) is 28.5 Å². The van der Waals surface area contributed by atoms with E-state index in [1.807, 2.05) is 4.90 Å². The normalized spacial score (nSPS) is 18.4. The van der Waals surface area contributed by atoms with Crippen LogP contribution in [-0.2, 0) is 11.2 Å². The number of rotatable bonds is 4. The Morgan fingerprint density at radius 2 is 2.36 bits per heavy atom. The van der Waals surface area contributed by atoms with E-state index < -0.39 is 0 Å². The van der Waals surface area contributed by atoms with Crippen LogP contribution in [0.3, 0.4) is 0 Å². The summed E-state index contributed by atoms with van der Waals surface area (Å²) in [5, 5.41) is 0. The lowest BCUT2D eigenvalue weighted by Gasteiger charge is -2.35. The molecule has 2 aromatic rings. The van der Waals surface area contributed by atoms with Crippen molar-refractivity contribution in [1.82, 2.24) is 19.9 Å². The van der Waals surface area contributed by atoms with Gasteiger partial charge in [-0.1, -0.05) is 0 Å². The standard InChI is InChI=1S/C15H18N4O3/c1-11-18-14(10-22-11)15(20)19-6-7-21-9-13(19)3-2-12-8-16-4-5-17-12/h4-5,8,10,13H,2-3,6-7,9H2,1H3/t13-/m0/s1. The van der Waals surface area contributed by atoms with Gasteiger partial charge in [0.15, 0.2) is 11.6 Å². The Kier molecular flexibility index (Phi) is 4.43. The van der Waals surface area contributed by atoms with E-state index in [0.29, 0.717) is 31.3 Å². The number of carbonyl (C=O) groups is 1. The molecule has 0 saturated carbocycles. The molecule has 2 aromatic heterocycles. The largest absolute Gasteiger partial charge is 0.448 e. The highest BCUT2D eigenvalue weighted by atomic mass is 16.5. The molecule has 0 aromatic carbocycles. The van der Waals surface area contributed by atoms with E-state index in [0.717, 1.165) is 18.5 Å². The smallest absolute Gasteiger partial charge is 0.276 e. The fraction of sp³-hybridized carbons (Fsp3) is 0.467. The molecule has 1 atom stereocenters. The van der Waals surface area contributed by atoms with Crippen LogP contribution in [0.15, 0.2) is 29.3 Å². The molecule has 1 aliphatic rings. The Bertz CT molecular complexity index is 629. The zero-order valence-corrected chi connectivity index (χ0v) is 12.4. The molecular weight excluding hydrogens is 284 g/mol. The van der Waals surface area contributed by atoms with Crippen LogP contribution in [0.2, 0.25) is 0 Å². The Morgan fingerprint density at radius 3 is 3.09 bits per heavy atom. The van der Waals surface area contributed by atoms with Crippen molar-refractivity contribution in [2.75, 3.05) is 19.8 Å². The quantitative estimate of drug-likeness (QED) is 0.845. The molecule has 1 fully saturated rings. The highest BCUT2D eigenvalue weighted by Crippen LogP contribution is 2.16. The fourth-order valence-corrected chi connectivity index (χ4v) is 2.54. The summed E-state index contributed by atoms with van der Waals surface area (Å²) in [6, 6.07) is 0.0141. The van der Waals surface area contributed by atoms with Crippen molar-refractivity contribution >= 4 is 5.91 Å². The lowest BCUT2D eigenvalue weighted by atomic mass is 10.1. The van der Waals surface area contributed by atoms with Crippen molar-refractivity contribution in [3.63, 3.8) is 0 Å². The number of hydrogen-bond acceptors (Lipinski definition) is 6. The van der Waals surface area contributed by atoms with Crippen LogP contribution in [0.25, 0.3) is 0 Å². The number of oxazole rings is 1. The molecule has 7 nitrogen and oxygen atoms in total. The molecule has 0 spiro atoms. The van der Waals surface area contributed by atoms with Crippen LogP contribution in [0, 0.1) is 6.92 Å². The number of amides is 1. The third-order valence-electron chi connectivity index (χ3n) is 3.68. The summed E-state index contributed by atoms with van der Waals surface area (Å²) in [6.07, 6.45) is 8.01. The second-order valence-corrected chi connectivity index (χ2v) is 5.21. The van der Waals surface area contributed by atoms with Crippen molar-refractivity contribution < 1.29 is 13.9 Å². The van der Waals surface area contributed by atoms with Gasteiger partial charge in [-0.3, -0.25) is 14.8 Å². The van der Waals surface area contributed by atoms with Crippen molar-refractivity contribution in [1.29, 1.82) is 0 Å². The molecule has 116 valence electrons. The first-order valence-electron chi connectivity index (χ1n) is 7.30. The maximum atomic E-state index is 12.6. The molecule has 0 N–H and O–H groups in total. The monoisotopic (exact) mass is 302 g/mol. The summed E-state index contributed by atoms with van der Waals surface area (Å²) >= 11 is 0. The predicted octanol–water partition coefficient (Wildman–Crippen LogP) is 1.25. The van der Waals surface area contributed by atoms with E-state index in [1.54, 1.807) is 25.5 Å². The second-order valence-electron chi connectivity index (χ2n) is 5.21. The Labute approximate surface area is 128 Å². The molecule has 3 rings (SSSR count). The van der Waals surface area contributed by atoms with Gasteiger partial charge in [-0.05, 0) is 12.8 Å². The summed E-state index contributed by atoms with van der Waals surface area (Å²) in [5.41, 5.74) is 1.27. The minimum Gasteiger partial charge on any atom is -0.448 e. The number of aryl methyl sites for hydroxylation is 2. The number of ether oxygens (including phenoxy) is 1. The molecule has 7 heteroatoms. The van der Waals surface area contributed by atoms with Crippen LogP contribution in [0.5, 0.6) is 0 Å². The van der Waals surface area contributed by atoms with Gasteiger partial charge in [0.2, 0.25) is 0 Å². The van der Waals surface area contributed by atoms with E-state index in [4.69, 9.17) is 9.15 Å². The zero-order valence-electron chi connectivity index (χ0n) is 12.4. The Balaban J connectivity index is 1.67. The molecule has 0 bridgehead atoms. The maximum Gasteiger partial charge on any atom is 0.276 e. The lowest BCUT2D eigenvalue weighted by molar-refractivity contribution is -0.00444. The molecule has 1 saturated heterocycles. The van der Waals surface area contributed by atoms with Crippen molar-refractivity contribution in [2.45, 2.75) is 25.8 Å². The van der Waals surface area contributed by atoms with Crippen molar-refractivity contribution in [3.8, 4) is 0 Å². The molecular formula is C15H18N4O3. The summed E-state index contributed by atoms with van der Waals surface area (Å²) in [7, 11) is 0. The first-order valence-corrected chi connectivity index (χ1v) is 7.30. The van der Waals surface area contributed by atoms with Crippen LogP contribution >= 0.6 is 0 Å². The van der Waals surface area contributed by atoms with Gasteiger partial charge >= 0.3 is 0 Å². The van der Waals surface area contributed by atoms with Crippen LogP contribution in [-0.4, -0.2) is 51.6 Å². The Hall–Kier alpha value is -2.28. The van der Waals surface area contributed by atoms with Crippen LogP contribution in [0.4, 0.5) is 0 Å². The number of nitrogens with zero attached hydrogens (tertiary/aromatic N) is 4. The van der Waals surface area contributed by atoms with E-state index in [9.17, 15) is 4.79 Å². The highest BCUT2D eigenvalue weighted by Gasteiger charge is 2.29. The van der Waals surface area contributed by atoms with E-state index in [-0.39, 0.29) is 11.9 Å². The van der Waals surface area contributed by atoms with Gasteiger partial charge in [0.1, 0.15) is 6.26 Å². The first-order chi connectivity index (χ1) is 10.7. The number of aromatic nitrogens is 3. The van der Waals surface area contributed by atoms with Crippen molar-refractivity contribution in [3.05, 3.63) is 42.1 Å². The lowest BCUT2D eigenvalue weighted by Crippen LogP contribution is -2.49.